The molecule has 0 N–H and O–H groups in total. The van der Waals surface area contributed by atoms with Gasteiger partial charge in [0.15, 0.2) is 0 Å². The van der Waals surface area contributed by atoms with Crippen molar-refractivity contribution < 1.29 is 21.8 Å². The van der Waals surface area contributed by atoms with Gasteiger partial charge in [0, 0.05) is 0 Å². The molecule has 4 heavy (non-hydrogen) atoms. The third-order valence-electron chi connectivity index (χ3n) is 0. The third kappa shape index (κ3) is 13.1. The maximum absolute atomic E-state index is 2.36. The van der Waals surface area contributed by atoms with Crippen LogP contribution < -0.4 is 0 Å². The van der Waals surface area contributed by atoms with E-state index in [1.165, 1.54) is 0 Å². The fourth-order valence-electron chi connectivity index (χ4n) is 0. The average molecular weight is 136 g/mol. The van der Waals surface area contributed by atoms with Gasteiger partial charge in [-0.2, -0.15) is 0 Å². The van der Waals surface area contributed by atoms with Crippen LogP contribution in [0.15, 0.2) is 0 Å². The molecule has 0 aliphatic rings. The molecule has 1 heteroatoms. The monoisotopic (exact) mass is 135 g/mol. The second kappa shape index (κ2) is 2.14. The van der Waals surface area contributed by atoms with Crippen molar-refractivity contribution in [1.29, 1.82) is 0 Å². The van der Waals surface area contributed by atoms with Crippen molar-refractivity contribution in [2.75, 3.05) is 0 Å². The first-order valence-electron chi connectivity index (χ1n) is 1.50. The van der Waals surface area contributed by atoms with Crippen LogP contribution in [0.4, 0.5) is 0 Å². The molecule has 25 valence electrons. The van der Waals surface area contributed by atoms with E-state index in [1.807, 2.05) is 0 Å². The van der Waals surface area contributed by atoms with Crippen molar-refractivity contribution in [2.24, 2.45) is 0 Å². The Morgan fingerprint density at radius 2 is 1.00 bits per heavy atom. The van der Waals surface area contributed by atoms with Crippen molar-refractivity contribution in [1.82, 2.24) is 0 Å². The normalized spacial score (nSPS) is 6.75. The quantitative estimate of drug-likeness (QED) is 0.476. The van der Waals surface area contributed by atoms with Crippen molar-refractivity contribution >= 4 is 0 Å². The number of hydrogen-bond donors (Lipinski definition) is 0. The molecule has 0 unspecified atom stereocenters. The summed E-state index contributed by atoms with van der Waals surface area (Å²) in [6, 6.07) is 0. The van der Waals surface area contributed by atoms with Gasteiger partial charge in [-0.05, 0) is 0 Å². The zero-order valence-electron chi connectivity index (χ0n) is 3.50. The van der Waals surface area contributed by atoms with Crippen molar-refractivity contribution in [3.63, 3.8) is 0 Å². The molecule has 0 bridgehead atoms. The van der Waals surface area contributed by atoms with Gasteiger partial charge in [-0.1, -0.05) is 0 Å². The predicted octanol–water partition coefficient (Wildman–Crippen LogP) is 1.75. The van der Waals surface area contributed by atoms with Crippen LogP contribution >= 0.6 is 0 Å². The standard InChI is InChI=1S/3CH3.Zr/h3*1H3;. The van der Waals surface area contributed by atoms with Gasteiger partial charge in [-0.15, -0.1) is 0 Å². The van der Waals surface area contributed by atoms with Crippen molar-refractivity contribution in [3.05, 3.63) is 0 Å². The summed E-state index contributed by atoms with van der Waals surface area (Å²) < 4.78 is 7.09. The summed E-state index contributed by atoms with van der Waals surface area (Å²) in [5, 5.41) is 0. The molecule has 0 aromatic carbocycles. The Morgan fingerprint density at radius 3 is 1.00 bits per heavy atom. The van der Waals surface area contributed by atoms with Gasteiger partial charge in [0.25, 0.3) is 0 Å². The first kappa shape index (κ1) is 4.88. The predicted molar refractivity (Wildman–Crippen MR) is 17.6 cm³/mol. The van der Waals surface area contributed by atoms with Crippen LogP contribution in [0.1, 0.15) is 0 Å². The second-order valence-electron chi connectivity index (χ2n) is 1.50. The SMILES string of the molecule is [CH3][Zr]([CH3])[CH3]. The van der Waals surface area contributed by atoms with E-state index in [-0.39, 0.29) is 0 Å². The molecular formula is C3H9Zr. The van der Waals surface area contributed by atoms with Gasteiger partial charge in [-0.25, -0.2) is 0 Å². The molecular weight excluding hydrogens is 127 g/mol. The summed E-state index contributed by atoms with van der Waals surface area (Å²) in [6.45, 7) is 0. The van der Waals surface area contributed by atoms with E-state index >= 15 is 0 Å². The molecule has 0 radical (unpaired) electrons. The molecule has 0 aromatic heterocycles. The zero-order valence-corrected chi connectivity index (χ0v) is 5.96. The first-order valence-corrected chi connectivity index (χ1v) is 8.87. The minimum absolute atomic E-state index is 0.543. The Morgan fingerprint density at radius 1 is 1.00 bits per heavy atom. The summed E-state index contributed by atoms with van der Waals surface area (Å²) in [5.41, 5.74) is 0. The van der Waals surface area contributed by atoms with E-state index in [0.717, 1.165) is 0 Å². The van der Waals surface area contributed by atoms with E-state index in [1.54, 1.807) is 0 Å². The Labute approximate surface area is 35.9 Å². The number of hydrogen-bond acceptors (Lipinski definition) is 0. The fraction of sp³-hybridized carbons (Fsp3) is 1.00. The Bertz CT molecular complexity index is 8.00. The van der Waals surface area contributed by atoms with Crippen molar-refractivity contribution in [2.45, 2.75) is 13.9 Å². The molecule has 0 aliphatic heterocycles. The molecule has 0 amide bonds. The van der Waals surface area contributed by atoms with E-state index in [2.05, 4.69) is 13.9 Å². The second-order valence-corrected chi connectivity index (χ2v) is 8.87. The molecule has 0 nitrogen and oxygen atoms in total. The molecule has 0 aliphatic carbocycles. The van der Waals surface area contributed by atoms with Crippen LogP contribution in [0.2, 0.25) is 13.9 Å². The summed E-state index contributed by atoms with van der Waals surface area (Å²) in [6.07, 6.45) is 0. The Kier molecular flexibility index (Phi) is 2.61. The molecule has 0 saturated heterocycles. The van der Waals surface area contributed by atoms with E-state index in [4.69, 9.17) is 0 Å². The first-order chi connectivity index (χ1) is 1.73. The summed E-state index contributed by atoms with van der Waals surface area (Å²) >= 11 is -0.543. The number of rotatable bonds is 0. The molecule has 0 aromatic rings. The maximum atomic E-state index is 2.36. The molecule has 0 spiro atoms. The van der Waals surface area contributed by atoms with Crippen LogP contribution in [0.5, 0.6) is 0 Å². The Hall–Kier alpha value is 0.883. The van der Waals surface area contributed by atoms with Crippen LogP contribution in [-0.4, -0.2) is 0 Å². The summed E-state index contributed by atoms with van der Waals surface area (Å²) in [5.74, 6) is 0. The van der Waals surface area contributed by atoms with Gasteiger partial charge >= 0.3 is 35.6 Å². The van der Waals surface area contributed by atoms with Gasteiger partial charge in [0.05, 0.1) is 0 Å². The van der Waals surface area contributed by atoms with Crippen LogP contribution in [0.25, 0.3) is 0 Å². The molecule has 0 saturated carbocycles. The van der Waals surface area contributed by atoms with Gasteiger partial charge in [0.1, 0.15) is 0 Å². The van der Waals surface area contributed by atoms with Gasteiger partial charge < -0.3 is 0 Å². The van der Waals surface area contributed by atoms with Crippen molar-refractivity contribution in [3.8, 4) is 0 Å². The molecule has 0 rings (SSSR count). The minimum atomic E-state index is -0.543. The van der Waals surface area contributed by atoms with E-state index < -0.39 is 21.8 Å². The molecule has 0 heterocycles. The van der Waals surface area contributed by atoms with E-state index in [0.29, 0.717) is 0 Å². The fourth-order valence-corrected chi connectivity index (χ4v) is 0. The molecule has 0 atom stereocenters. The topological polar surface area (TPSA) is 0 Å². The van der Waals surface area contributed by atoms with Gasteiger partial charge in [0.2, 0.25) is 0 Å². The third-order valence-corrected chi connectivity index (χ3v) is 0. The van der Waals surface area contributed by atoms with Crippen LogP contribution in [0.3, 0.4) is 0 Å². The van der Waals surface area contributed by atoms with E-state index in [9.17, 15) is 0 Å². The van der Waals surface area contributed by atoms with Crippen LogP contribution in [0, 0.1) is 0 Å². The average Bonchev–Trinajstić information content (AvgIpc) is 0.811. The summed E-state index contributed by atoms with van der Waals surface area (Å²) in [4.78, 5) is 0. The Balaban J connectivity index is 2.32. The van der Waals surface area contributed by atoms with Crippen LogP contribution in [-0.2, 0) is 21.8 Å². The molecule has 0 fully saturated rings. The summed E-state index contributed by atoms with van der Waals surface area (Å²) in [7, 11) is 0. The van der Waals surface area contributed by atoms with Gasteiger partial charge in [-0.3, -0.25) is 0 Å². The zero-order chi connectivity index (χ0) is 3.58.